The molecule has 2 aromatic carbocycles. The number of fused-ring (bicyclic) bond motifs is 1. The number of carbonyl (C=O) groups excluding carboxylic acids is 1. The molecule has 4 aromatic rings. The van der Waals surface area contributed by atoms with Crippen LogP contribution < -0.4 is 10.0 Å². The first-order valence-electron chi connectivity index (χ1n) is 13.4. The maximum atomic E-state index is 13.3. The topological polar surface area (TPSA) is 116 Å². The van der Waals surface area contributed by atoms with E-state index in [0.717, 1.165) is 41.7 Å². The van der Waals surface area contributed by atoms with E-state index < -0.39 is 10.0 Å². The van der Waals surface area contributed by atoms with Gasteiger partial charge in [0, 0.05) is 66.3 Å². The van der Waals surface area contributed by atoms with Gasteiger partial charge in [0.2, 0.25) is 0 Å². The Hall–Kier alpha value is -3.73. The van der Waals surface area contributed by atoms with E-state index in [4.69, 9.17) is 4.74 Å². The van der Waals surface area contributed by atoms with Crippen molar-refractivity contribution in [3.05, 3.63) is 78.2 Å². The van der Waals surface area contributed by atoms with Crippen LogP contribution in [0, 0.1) is 0 Å². The van der Waals surface area contributed by atoms with Gasteiger partial charge in [-0.1, -0.05) is 39.0 Å². The van der Waals surface area contributed by atoms with Gasteiger partial charge in [0.05, 0.1) is 18.1 Å². The number of hydrogen-bond acceptors (Lipinski definition) is 6. The van der Waals surface area contributed by atoms with Crippen LogP contribution in [0.15, 0.2) is 71.9 Å². The van der Waals surface area contributed by atoms with Crippen LogP contribution in [0.3, 0.4) is 0 Å². The number of aromatic amines is 1. The Morgan fingerprint density at radius 2 is 1.82 bits per heavy atom. The second-order valence-electron chi connectivity index (χ2n) is 11.0. The van der Waals surface area contributed by atoms with E-state index in [9.17, 15) is 13.2 Å². The van der Waals surface area contributed by atoms with Gasteiger partial charge in [0.15, 0.2) is 0 Å². The highest BCUT2D eigenvalue weighted by molar-refractivity contribution is 7.92. The lowest BCUT2D eigenvalue weighted by atomic mass is 9.87. The summed E-state index contributed by atoms with van der Waals surface area (Å²) in [5, 5.41) is 3.74. The molecule has 10 heteroatoms. The molecule has 0 unspecified atom stereocenters. The Morgan fingerprint density at radius 3 is 2.50 bits per heavy atom. The third-order valence-corrected chi connectivity index (χ3v) is 8.47. The molecule has 0 bridgehead atoms. The number of anilines is 1. The summed E-state index contributed by atoms with van der Waals surface area (Å²) >= 11 is 0. The Balaban J connectivity index is 1.43. The summed E-state index contributed by atoms with van der Waals surface area (Å²) in [5.74, 6) is -0.232. The fourth-order valence-corrected chi connectivity index (χ4v) is 5.87. The summed E-state index contributed by atoms with van der Waals surface area (Å²) in [6.45, 7) is 10.6. The summed E-state index contributed by atoms with van der Waals surface area (Å²) < 4.78 is 34.5. The van der Waals surface area contributed by atoms with Gasteiger partial charge >= 0.3 is 0 Å². The summed E-state index contributed by atoms with van der Waals surface area (Å²) in [5.41, 5.74) is 3.92. The Labute approximate surface area is 235 Å². The van der Waals surface area contributed by atoms with E-state index in [1.165, 1.54) is 0 Å². The largest absolute Gasteiger partial charge is 0.379 e. The van der Waals surface area contributed by atoms with E-state index in [0.29, 0.717) is 36.7 Å². The molecule has 0 saturated carbocycles. The molecule has 0 radical (unpaired) electrons. The molecule has 9 nitrogen and oxygen atoms in total. The quantitative estimate of drug-likeness (QED) is 0.294. The van der Waals surface area contributed by atoms with Crippen molar-refractivity contribution in [3.8, 4) is 11.1 Å². The van der Waals surface area contributed by atoms with Gasteiger partial charge < -0.3 is 15.0 Å². The first-order chi connectivity index (χ1) is 19.1. The van der Waals surface area contributed by atoms with Crippen molar-refractivity contribution in [1.29, 1.82) is 0 Å². The molecular formula is C30H35N5O4S. The molecule has 3 N–H and O–H groups in total. The first-order valence-corrected chi connectivity index (χ1v) is 14.9. The van der Waals surface area contributed by atoms with Gasteiger partial charge in [-0.2, -0.15) is 0 Å². The maximum Gasteiger partial charge on any atom is 0.268 e. The average Bonchev–Trinajstić information content (AvgIpc) is 3.32. The molecule has 2 aromatic heterocycles. The third kappa shape index (κ3) is 6.19. The molecular weight excluding hydrogens is 526 g/mol. The van der Waals surface area contributed by atoms with Gasteiger partial charge in [0.25, 0.3) is 15.9 Å². The number of pyridine rings is 1. The van der Waals surface area contributed by atoms with Crippen LogP contribution >= 0.6 is 0 Å². The van der Waals surface area contributed by atoms with Crippen LogP contribution in [0.2, 0.25) is 0 Å². The predicted molar refractivity (Wildman–Crippen MR) is 157 cm³/mol. The number of H-pyrrole nitrogens is 1. The zero-order valence-electron chi connectivity index (χ0n) is 23.0. The van der Waals surface area contributed by atoms with Gasteiger partial charge in [-0.15, -0.1) is 0 Å². The second kappa shape index (κ2) is 11.4. The smallest absolute Gasteiger partial charge is 0.268 e. The fraction of sp³-hybridized carbons (Fsp3) is 0.333. The zero-order chi connectivity index (χ0) is 28.3. The molecule has 0 spiro atoms. The van der Waals surface area contributed by atoms with Crippen LogP contribution in [-0.4, -0.2) is 68.6 Å². The fourth-order valence-electron chi connectivity index (χ4n) is 4.83. The van der Waals surface area contributed by atoms with Gasteiger partial charge in [-0.25, -0.2) is 8.42 Å². The van der Waals surface area contributed by atoms with Crippen molar-refractivity contribution in [1.82, 2.24) is 20.2 Å². The molecule has 210 valence electrons. The average molecular weight is 562 g/mol. The van der Waals surface area contributed by atoms with Crippen LogP contribution in [0.25, 0.3) is 22.0 Å². The number of sulfonamides is 1. The maximum absolute atomic E-state index is 13.3. The van der Waals surface area contributed by atoms with E-state index in [1.54, 1.807) is 42.7 Å². The molecule has 1 fully saturated rings. The molecule has 40 heavy (non-hydrogen) atoms. The Kier molecular flexibility index (Phi) is 7.93. The molecule has 5 rings (SSSR count). The van der Waals surface area contributed by atoms with Gasteiger partial charge in [0.1, 0.15) is 5.69 Å². The second-order valence-corrected chi connectivity index (χ2v) is 12.6. The number of benzene rings is 2. The van der Waals surface area contributed by atoms with Crippen molar-refractivity contribution in [2.45, 2.75) is 31.1 Å². The highest BCUT2D eigenvalue weighted by atomic mass is 32.2. The van der Waals surface area contributed by atoms with E-state index in [-0.39, 0.29) is 16.2 Å². The SMILES string of the molecule is CC(C)(C)c1ccc(S(=O)(=O)Nc2ccc3[nH]c(C(=O)NCCN4CCOCC4)c(-c4cccnc4)c3c2)cc1. The van der Waals surface area contributed by atoms with E-state index >= 15 is 0 Å². The number of nitrogens with zero attached hydrogens (tertiary/aromatic N) is 2. The summed E-state index contributed by atoms with van der Waals surface area (Å²) in [4.78, 5) is 23.3. The predicted octanol–water partition coefficient (Wildman–Crippen LogP) is 4.39. The van der Waals surface area contributed by atoms with Crippen LogP contribution in [0.1, 0.15) is 36.8 Å². The lowest BCUT2D eigenvalue weighted by Crippen LogP contribution is -2.41. The third-order valence-electron chi connectivity index (χ3n) is 7.08. The first kappa shape index (κ1) is 27.8. The summed E-state index contributed by atoms with van der Waals surface area (Å²) in [6.07, 6.45) is 3.37. The monoisotopic (exact) mass is 561 g/mol. The normalized spacial score (nSPS) is 14.8. The van der Waals surface area contributed by atoms with Crippen LogP contribution in [0.4, 0.5) is 5.69 Å². The molecule has 0 atom stereocenters. The number of nitrogens with one attached hydrogen (secondary N) is 3. The van der Waals surface area contributed by atoms with E-state index in [1.807, 2.05) is 24.3 Å². The molecule has 1 amide bonds. The highest BCUT2D eigenvalue weighted by Gasteiger charge is 2.22. The van der Waals surface area contributed by atoms with Gasteiger partial charge in [-0.3, -0.25) is 19.4 Å². The van der Waals surface area contributed by atoms with Crippen LogP contribution in [0.5, 0.6) is 0 Å². The number of hydrogen-bond donors (Lipinski definition) is 3. The minimum absolute atomic E-state index is 0.0791. The van der Waals surface area contributed by atoms with Crippen molar-refractivity contribution in [3.63, 3.8) is 0 Å². The number of morpholine rings is 1. The van der Waals surface area contributed by atoms with Crippen molar-refractivity contribution >= 4 is 32.5 Å². The Bertz CT molecular complexity index is 1590. The van der Waals surface area contributed by atoms with Crippen molar-refractivity contribution < 1.29 is 17.9 Å². The minimum atomic E-state index is -3.82. The summed E-state index contributed by atoms with van der Waals surface area (Å²) in [6, 6.07) is 15.8. The Morgan fingerprint density at radius 1 is 1.07 bits per heavy atom. The number of rotatable bonds is 8. The number of amides is 1. The standard InChI is InChI=1S/C30H35N5O4S/c1-30(2,3)22-6-9-24(10-7-22)40(37,38)34-23-8-11-26-25(19-23)27(21-5-4-12-31-20-21)28(33-26)29(36)32-13-14-35-15-17-39-18-16-35/h4-12,19-20,33-34H,13-18H2,1-3H3,(H,32,36). The number of ether oxygens (including phenoxy) is 1. The van der Waals surface area contributed by atoms with E-state index in [2.05, 4.69) is 45.7 Å². The lowest BCUT2D eigenvalue weighted by molar-refractivity contribution is 0.0383. The van der Waals surface area contributed by atoms with Gasteiger partial charge in [-0.05, 0) is 47.4 Å². The molecule has 1 aliphatic heterocycles. The zero-order valence-corrected chi connectivity index (χ0v) is 23.8. The summed E-state index contributed by atoms with van der Waals surface area (Å²) in [7, 11) is -3.82. The van der Waals surface area contributed by atoms with Crippen molar-refractivity contribution in [2.24, 2.45) is 0 Å². The molecule has 1 aliphatic rings. The number of carbonyl (C=O) groups is 1. The lowest BCUT2D eigenvalue weighted by Gasteiger charge is -2.26. The van der Waals surface area contributed by atoms with Crippen LogP contribution in [-0.2, 0) is 20.2 Å². The molecule has 3 heterocycles. The highest BCUT2D eigenvalue weighted by Crippen LogP contribution is 2.34. The molecule has 1 saturated heterocycles. The molecule has 0 aliphatic carbocycles. The minimum Gasteiger partial charge on any atom is -0.379 e. The van der Waals surface area contributed by atoms with Crippen molar-refractivity contribution in [2.75, 3.05) is 44.1 Å². The number of aromatic nitrogens is 2.